The van der Waals surface area contributed by atoms with Crippen LogP contribution in [-0.4, -0.2) is 53.1 Å². The fourth-order valence-corrected chi connectivity index (χ4v) is 2.70. The van der Waals surface area contributed by atoms with E-state index in [0.717, 1.165) is 12.1 Å². The fourth-order valence-electron chi connectivity index (χ4n) is 2.70. The Morgan fingerprint density at radius 3 is 2.47 bits per heavy atom. The number of phenolic OH excluding ortho intramolecular Hbond substituents is 1. The molecule has 0 aliphatic carbocycles. The molecule has 1 aliphatic heterocycles. The van der Waals surface area contributed by atoms with Gasteiger partial charge in [0, 0.05) is 31.5 Å². The van der Waals surface area contributed by atoms with Gasteiger partial charge in [-0.3, -0.25) is 0 Å². The zero-order valence-corrected chi connectivity index (χ0v) is 9.95. The Morgan fingerprint density at radius 1 is 1.24 bits per heavy atom. The highest BCUT2D eigenvalue weighted by molar-refractivity contribution is 5.30. The molecule has 3 atom stereocenters. The lowest BCUT2D eigenvalue weighted by Gasteiger charge is -2.39. The minimum absolute atomic E-state index is 0.0355. The maximum atomic E-state index is 10.1. The Bertz CT molecular complexity index is 365. The number of aliphatic hydroxyl groups is 2. The number of aliphatic hydroxyl groups excluding tert-OH is 2. The van der Waals surface area contributed by atoms with Gasteiger partial charge in [-0.15, -0.1) is 0 Å². The molecule has 17 heavy (non-hydrogen) atoms. The summed E-state index contributed by atoms with van der Waals surface area (Å²) in [6.07, 6.45) is -0.476. The first-order chi connectivity index (χ1) is 8.11. The highest BCUT2D eigenvalue weighted by Gasteiger charge is 2.35. The molecule has 0 radical (unpaired) electrons. The van der Waals surface area contributed by atoms with E-state index in [1.54, 1.807) is 12.1 Å². The normalized spacial score (nSPS) is 30.4. The zero-order valence-electron chi connectivity index (χ0n) is 9.95. The Balaban J connectivity index is 2.24. The number of hydrogen-bond donors (Lipinski definition) is 3. The van der Waals surface area contributed by atoms with Gasteiger partial charge in [0.15, 0.2) is 0 Å². The van der Waals surface area contributed by atoms with E-state index in [1.165, 1.54) is 0 Å². The predicted molar refractivity (Wildman–Crippen MR) is 64.9 cm³/mol. The van der Waals surface area contributed by atoms with Gasteiger partial charge in [-0.25, -0.2) is 0 Å². The SMILES string of the molecule is CN1C[C@@H](CO)[C@H](c2ccc(O)cc2)[C@@H](O)C1. The molecule has 0 aromatic heterocycles. The van der Waals surface area contributed by atoms with Crippen LogP contribution in [0.4, 0.5) is 0 Å². The fraction of sp³-hybridized carbons (Fsp3) is 0.538. The number of benzene rings is 1. The Labute approximate surface area is 101 Å². The quantitative estimate of drug-likeness (QED) is 0.696. The van der Waals surface area contributed by atoms with Crippen LogP contribution in [0, 0.1) is 5.92 Å². The van der Waals surface area contributed by atoms with Crippen molar-refractivity contribution in [2.24, 2.45) is 5.92 Å². The predicted octanol–water partition coefficient (Wildman–Crippen LogP) is 0.391. The van der Waals surface area contributed by atoms with E-state index in [9.17, 15) is 15.3 Å². The van der Waals surface area contributed by atoms with Gasteiger partial charge < -0.3 is 20.2 Å². The summed E-state index contributed by atoms with van der Waals surface area (Å²) in [5.74, 6) is 0.196. The highest BCUT2D eigenvalue weighted by atomic mass is 16.3. The smallest absolute Gasteiger partial charge is 0.115 e. The molecular formula is C13H19NO3. The maximum Gasteiger partial charge on any atom is 0.115 e. The third kappa shape index (κ3) is 2.60. The number of nitrogens with zero attached hydrogens (tertiary/aromatic N) is 1. The lowest BCUT2D eigenvalue weighted by atomic mass is 9.79. The molecular weight excluding hydrogens is 218 g/mol. The van der Waals surface area contributed by atoms with Crippen molar-refractivity contribution in [3.8, 4) is 5.75 Å². The monoisotopic (exact) mass is 237 g/mol. The van der Waals surface area contributed by atoms with Crippen LogP contribution in [0.25, 0.3) is 0 Å². The third-order valence-electron chi connectivity index (χ3n) is 3.48. The van der Waals surface area contributed by atoms with E-state index in [4.69, 9.17) is 0 Å². The maximum absolute atomic E-state index is 10.1. The van der Waals surface area contributed by atoms with Crippen LogP contribution in [0.15, 0.2) is 24.3 Å². The Kier molecular flexibility index (Phi) is 3.66. The van der Waals surface area contributed by atoms with Crippen molar-refractivity contribution in [2.45, 2.75) is 12.0 Å². The van der Waals surface area contributed by atoms with Gasteiger partial charge in [-0.1, -0.05) is 12.1 Å². The highest BCUT2D eigenvalue weighted by Crippen LogP contribution is 2.33. The largest absolute Gasteiger partial charge is 0.508 e. The summed E-state index contributed by atoms with van der Waals surface area (Å²) in [5, 5.41) is 28.8. The molecule has 0 unspecified atom stereocenters. The van der Waals surface area contributed by atoms with Crippen molar-refractivity contribution in [3.63, 3.8) is 0 Å². The van der Waals surface area contributed by atoms with Crippen LogP contribution in [0.2, 0.25) is 0 Å². The number of β-amino-alcohol motifs (C(OH)–C–C–N with tert-alkyl or cyclic N) is 1. The van der Waals surface area contributed by atoms with Crippen LogP contribution in [0.5, 0.6) is 5.75 Å². The standard InChI is InChI=1S/C13H19NO3/c1-14-6-10(8-15)13(12(17)7-14)9-2-4-11(16)5-3-9/h2-5,10,12-13,15-17H,6-8H2,1H3/t10-,12-,13-/m0/s1. The second kappa shape index (κ2) is 5.04. The Morgan fingerprint density at radius 2 is 1.88 bits per heavy atom. The second-order valence-electron chi connectivity index (χ2n) is 4.85. The number of aromatic hydroxyl groups is 1. The lowest BCUT2D eigenvalue weighted by molar-refractivity contribution is 0.0102. The summed E-state index contributed by atoms with van der Waals surface area (Å²) in [6, 6.07) is 6.87. The first kappa shape index (κ1) is 12.4. The summed E-state index contributed by atoms with van der Waals surface area (Å²) >= 11 is 0. The van der Waals surface area contributed by atoms with Crippen molar-refractivity contribution in [1.29, 1.82) is 0 Å². The van der Waals surface area contributed by atoms with Crippen LogP contribution < -0.4 is 0 Å². The van der Waals surface area contributed by atoms with Crippen molar-refractivity contribution < 1.29 is 15.3 Å². The first-order valence-electron chi connectivity index (χ1n) is 5.88. The molecule has 1 saturated heterocycles. The lowest BCUT2D eigenvalue weighted by Crippen LogP contribution is -2.47. The van der Waals surface area contributed by atoms with Gasteiger partial charge in [0.05, 0.1) is 6.10 Å². The van der Waals surface area contributed by atoms with E-state index in [0.29, 0.717) is 6.54 Å². The number of phenols is 1. The summed E-state index contributed by atoms with van der Waals surface area (Å²) in [4.78, 5) is 2.03. The molecule has 4 nitrogen and oxygen atoms in total. The summed E-state index contributed by atoms with van der Waals surface area (Å²) in [5.41, 5.74) is 0.974. The molecule has 1 aliphatic rings. The number of piperidine rings is 1. The summed E-state index contributed by atoms with van der Waals surface area (Å²) in [7, 11) is 1.94. The minimum Gasteiger partial charge on any atom is -0.508 e. The number of hydrogen-bond acceptors (Lipinski definition) is 4. The van der Waals surface area contributed by atoms with E-state index in [2.05, 4.69) is 0 Å². The molecule has 3 N–H and O–H groups in total. The van der Waals surface area contributed by atoms with E-state index in [1.807, 2.05) is 24.1 Å². The van der Waals surface area contributed by atoms with Crippen molar-refractivity contribution in [1.82, 2.24) is 4.90 Å². The number of likely N-dealkylation sites (tertiary alicyclic amines) is 1. The van der Waals surface area contributed by atoms with Crippen LogP contribution in [0.3, 0.4) is 0 Å². The third-order valence-corrected chi connectivity index (χ3v) is 3.48. The molecule has 1 aromatic carbocycles. The van der Waals surface area contributed by atoms with Crippen molar-refractivity contribution >= 4 is 0 Å². The minimum atomic E-state index is -0.476. The zero-order chi connectivity index (χ0) is 12.4. The van der Waals surface area contributed by atoms with Crippen LogP contribution in [0.1, 0.15) is 11.5 Å². The van der Waals surface area contributed by atoms with E-state index in [-0.39, 0.29) is 24.2 Å². The van der Waals surface area contributed by atoms with Gasteiger partial charge in [0.2, 0.25) is 0 Å². The van der Waals surface area contributed by atoms with Gasteiger partial charge in [0.1, 0.15) is 5.75 Å². The van der Waals surface area contributed by atoms with E-state index < -0.39 is 6.10 Å². The molecule has 0 saturated carbocycles. The number of rotatable bonds is 2. The Hall–Kier alpha value is -1.10. The van der Waals surface area contributed by atoms with Crippen LogP contribution in [-0.2, 0) is 0 Å². The summed E-state index contributed by atoms with van der Waals surface area (Å²) in [6.45, 7) is 1.45. The molecule has 1 aromatic rings. The molecule has 1 fully saturated rings. The van der Waals surface area contributed by atoms with Gasteiger partial charge in [0.25, 0.3) is 0 Å². The molecule has 2 rings (SSSR count). The number of likely N-dealkylation sites (N-methyl/N-ethyl adjacent to an activating group) is 1. The van der Waals surface area contributed by atoms with Crippen molar-refractivity contribution in [2.75, 3.05) is 26.7 Å². The second-order valence-corrected chi connectivity index (χ2v) is 4.85. The van der Waals surface area contributed by atoms with Gasteiger partial charge in [-0.05, 0) is 24.7 Å². The molecule has 4 heteroatoms. The van der Waals surface area contributed by atoms with Crippen LogP contribution >= 0.6 is 0 Å². The average molecular weight is 237 g/mol. The molecule has 0 amide bonds. The average Bonchev–Trinajstić information content (AvgIpc) is 2.30. The molecule has 0 spiro atoms. The van der Waals surface area contributed by atoms with Crippen molar-refractivity contribution in [3.05, 3.63) is 29.8 Å². The molecule has 94 valence electrons. The topological polar surface area (TPSA) is 63.9 Å². The molecule has 0 bridgehead atoms. The molecule has 1 heterocycles. The van der Waals surface area contributed by atoms with E-state index >= 15 is 0 Å². The summed E-state index contributed by atoms with van der Waals surface area (Å²) < 4.78 is 0. The first-order valence-corrected chi connectivity index (χ1v) is 5.88. The van der Waals surface area contributed by atoms with Gasteiger partial charge in [-0.2, -0.15) is 0 Å². The van der Waals surface area contributed by atoms with Gasteiger partial charge >= 0.3 is 0 Å².